The highest BCUT2D eigenvalue weighted by Crippen LogP contribution is 2.29. The Bertz CT molecular complexity index is 353. The van der Waals surface area contributed by atoms with Crippen molar-refractivity contribution in [3.63, 3.8) is 0 Å². The van der Waals surface area contributed by atoms with E-state index in [-0.39, 0.29) is 6.61 Å². The minimum Gasteiger partial charge on any atom is -0.493 e. The summed E-state index contributed by atoms with van der Waals surface area (Å²) in [6.45, 7) is 1.19. The molecule has 0 spiro atoms. The Balaban J connectivity index is 2.59. The van der Waals surface area contributed by atoms with E-state index >= 15 is 0 Å². The zero-order chi connectivity index (χ0) is 13.4. The van der Waals surface area contributed by atoms with Gasteiger partial charge in [-0.3, -0.25) is 0 Å². The van der Waals surface area contributed by atoms with Crippen LogP contribution in [0.2, 0.25) is 0 Å². The summed E-state index contributed by atoms with van der Waals surface area (Å²) in [4.78, 5) is 0. The summed E-state index contributed by atoms with van der Waals surface area (Å²) in [7, 11) is 4.74. The van der Waals surface area contributed by atoms with Crippen LogP contribution in [0, 0.1) is 0 Å². The van der Waals surface area contributed by atoms with E-state index in [9.17, 15) is 5.11 Å². The van der Waals surface area contributed by atoms with Crippen molar-refractivity contribution in [1.82, 2.24) is 0 Å². The molecule has 0 aromatic heterocycles. The lowest BCUT2D eigenvalue weighted by molar-refractivity contribution is 0.0125. The smallest absolute Gasteiger partial charge is 0.161 e. The molecule has 0 saturated heterocycles. The predicted molar refractivity (Wildman–Crippen MR) is 67.2 cm³/mol. The molecule has 18 heavy (non-hydrogen) atoms. The maximum atomic E-state index is 9.94. The fourth-order valence-electron chi connectivity index (χ4n) is 1.49. The van der Waals surface area contributed by atoms with Gasteiger partial charge in [0.25, 0.3) is 0 Å². The summed E-state index contributed by atoms with van der Waals surface area (Å²) in [6, 6.07) is 5.28. The molecule has 0 bridgehead atoms. The van der Waals surface area contributed by atoms with Crippen LogP contribution < -0.4 is 9.47 Å². The third kappa shape index (κ3) is 4.18. The van der Waals surface area contributed by atoms with E-state index in [0.29, 0.717) is 24.7 Å². The topological polar surface area (TPSA) is 57.2 Å². The second-order valence-electron chi connectivity index (χ2n) is 3.70. The average molecular weight is 256 g/mol. The Morgan fingerprint density at radius 3 is 2.39 bits per heavy atom. The van der Waals surface area contributed by atoms with E-state index in [0.717, 1.165) is 5.56 Å². The molecular formula is C13H20O5. The predicted octanol–water partition coefficient (Wildman–Crippen LogP) is 1.40. The van der Waals surface area contributed by atoms with Gasteiger partial charge in [0.15, 0.2) is 11.5 Å². The van der Waals surface area contributed by atoms with Crippen molar-refractivity contribution < 1.29 is 24.1 Å². The highest BCUT2D eigenvalue weighted by molar-refractivity contribution is 5.43. The number of hydrogen-bond acceptors (Lipinski definition) is 5. The van der Waals surface area contributed by atoms with Crippen molar-refractivity contribution in [1.29, 1.82) is 0 Å². The lowest BCUT2D eigenvalue weighted by atomic mass is 10.1. The number of rotatable bonds is 8. The number of benzene rings is 1. The number of methoxy groups -OCH3 is 3. The Morgan fingerprint density at radius 1 is 1.06 bits per heavy atom. The van der Waals surface area contributed by atoms with E-state index in [1.165, 1.54) is 0 Å². The van der Waals surface area contributed by atoms with Crippen LogP contribution in [0.1, 0.15) is 11.7 Å². The van der Waals surface area contributed by atoms with Crippen LogP contribution in [0.15, 0.2) is 18.2 Å². The van der Waals surface area contributed by atoms with Crippen LogP contribution in [0.3, 0.4) is 0 Å². The second-order valence-corrected chi connectivity index (χ2v) is 3.70. The fourth-order valence-corrected chi connectivity index (χ4v) is 1.49. The van der Waals surface area contributed by atoms with Gasteiger partial charge in [-0.1, -0.05) is 6.07 Å². The first-order chi connectivity index (χ1) is 8.72. The molecular weight excluding hydrogens is 236 g/mol. The van der Waals surface area contributed by atoms with Gasteiger partial charge in [-0.25, -0.2) is 0 Å². The first kappa shape index (κ1) is 14.8. The van der Waals surface area contributed by atoms with Gasteiger partial charge in [-0.2, -0.15) is 0 Å². The summed E-state index contributed by atoms with van der Waals surface area (Å²) < 4.78 is 20.4. The van der Waals surface area contributed by atoms with Crippen molar-refractivity contribution in [2.24, 2.45) is 0 Å². The Morgan fingerprint density at radius 2 is 1.78 bits per heavy atom. The van der Waals surface area contributed by atoms with Crippen LogP contribution in [-0.4, -0.2) is 46.3 Å². The third-order valence-corrected chi connectivity index (χ3v) is 2.50. The number of hydrogen-bond donors (Lipinski definition) is 1. The van der Waals surface area contributed by atoms with Crippen molar-refractivity contribution in [3.8, 4) is 11.5 Å². The first-order valence-electron chi connectivity index (χ1n) is 5.69. The molecule has 0 aliphatic heterocycles. The van der Waals surface area contributed by atoms with Gasteiger partial charge < -0.3 is 24.1 Å². The van der Waals surface area contributed by atoms with Crippen LogP contribution in [-0.2, 0) is 9.47 Å². The zero-order valence-electron chi connectivity index (χ0n) is 11.0. The Kier molecular flexibility index (Phi) is 6.49. The van der Waals surface area contributed by atoms with Gasteiger partial charge in [0.1, 0.15) is 6.10 Å². The first-order valence-corrected chi connectivity index (χ1v) is 5.69. The number of aliphatic hydroxyl groups is 1. The van der Waals surface area contributed by atoms with Gasteiger partial charge in [0.05, 0.1) is 34.0 Å². The molecule has 1 rings (SSSR count). The molecule has 0 fully saturated rings. The number of ether oxygens (including phenoxy) is 4. The Labute approximate surface area is 107 Å². The summed E-state index contributed by atoms with van der Waals surface area (Å²) in [5, 5.41) is 9.94. The monoisotopic (exact) mass is 256 g/mol. The summed E-state index contributed by atoms with van der Waals surface area (Å²) in [6.07, 6.45) is -0.693. The molecule has 5 nitrogen and oxygen atoms in total. The van der Waals surface area contributed by atoms with E-state index < -0.39 is 6.10 Å². The summed E-state index contributed by atoms with van der Waals surface area (Å²) in [5.41, 5.74) is 0.727. The molecule has 1 aromatic rings. The zero-order valence-corrected chi connectivity index (χ0v) is 11.0. The third-order valence-electron chi connectivity index (χ3n) is 2.50. The van der Waals surface area contributed by atoms with Gasteiger partial charge >= 0.3 is 0 Å². The highest BCUT2D eigenvalue weighted by Gasteiger charge is 2.11. The minimum atomic E-state index is -0.693. The van der Waals surface area contributed by atoms with Crippen LogP contribution in [0.4, 0.5) is 0 Å². The van der Waals surface area contributed by atoms with Crippen molar-refractivity contribution >= 4 is 0 Å². The average Bonchev–Trinajstić information content (AvgIpc) is 2.42. The van der Waals surface area contributed by atoms with Crippen molar-refractivity contribution in [2.45, 2.75) is 6.10 Å². The van der Waals surface area contributed by atoms with Gasteiger partial charge in [-0.15, -0.1) is 0 Å². The van der Waals surface area contributed by atoms with E-state index in [1.807, 2.05) is 0 Å². The largest absolute Gasteiger partial charge is 0.493 e. The lowest BCUT2D eigenvalue weighted by Gasteiger charge is -2.14. The Hall–Kier alpha value is -1.30. The van der Waals surface area contributed by atoms with E-state index in [4.69, 9.17) is 18.9 Å². The van der Waals surface area contributed by atoms with Gasteiger partial charge in [0, 0.05) is 7.11 Å². The molecule has 0 aliphatic carbocycles. The quantitative estimate of drug-likeness (QED) is 0.712. The molecule has 1 N–H and O–H groups in total. The molecule has 0 saturated carbocycles. The second kappa shape index (κ2) is 7.92. The lowest BCUT2D eigenvalue weighted by Crippen LogP contribution is -2.10. The van der Waals surface area contributed by atoms with Crippen LogP contribution in [0.5, 0.6) is 11.5 Å². The summed E-state index contributed by atoms with van der Waals surface area (Å²) in [5.74, 6) is 1.22. The van der Waals surface area contributed by atoms with Crippen LogP contribution >= 0.6 is 0 Å². The molecule has 1 atom stereocenters. The molecule has 1 unspecified atom stereocenters. The normalized spacial score (nSPS) is 12.2. The maximum absolute atomic E-state index is 9.94. The van der Waals surface area contributed by atoms with E-state index in [1.54, 1.807) is 39.5 Å². The maximum Gasteiger partial charge on any atom is 0.161 e. The highest BCUT2D eigenvalue weighted by atomic mass is 16.5. The molecule has 5 heteroatoms. The standard InChI is InChI=1S/C13H20O5/c1-15-6-7-18-9-11(14)10-4-5-12(16-2)13(8-10)17-3/h4-5,8,11,14H,6-7,9H2,1-3H3. The molecule has 0 radical (unpaired) electrons. The van der Waals surface area contributed by atoms with Crippen molar-refractivity contribution in [3.05, 3.63) is 23.8 Å². The summed E-state index contributed by atoms with van der Waals surface area (Å²) >= 11 is 0. The van der Waals surface area contributed by atoms with Gasteiger partial charge in [0.2, 0.25) is 0 Å². The molecule has 0 aliphatic rings. The van der Waals surface area contributed by atoms with E-state index in [2.05, 4.69) is 0 Å². The van der Waals surface area contributed by atoms with Crippen molar-refractivity contribution in [2.75, 3.05) is 41.2 Å². The fraction of sp³-hybridized carbons (Fsp3) is 0.538. The molecule has 102 valence electrons. The molecule has 1 aromatic carbocycles. The van der Waals surface area contributed by atoms with Crippen LogP contribution in [0.25, 0.3) is 0 Å². The number of aliphatic hydroxyl groups excluding tert-OH is 1. The SMILES string of the molecule is COCCOCC(O)c1ccc(OC)c(OC)c1. The molecule has 0 amide bonds. The molecule has 0 heterocycles. The minimum absolute atomic E-state index is 0.221. The van der Waals surface area contributed by atoms with Gasteiger partial charge in [-0.05, 0) is 17.7 Å².